The van der Waals surface area contributed by atoms with E-state index in [9.17, 15) is 18.3 Å². The molecule has 5 nitrogen and oxygen atoms in total. The van der Waals surface area contributed by atoms with Crippen molar-refractivity contribution in [3.05, 3.63) is 29.3 Å². The van der Waals surface area contributed by atoms with Crippen LogP contribution in [0.1, 0.15) is 19.8 Å². The van der Waals surface area contributed by atoms with E-state index >= 15 is 0 Å². The van der Waals surface area contributed by atoms with E-state index < -0.39 is 21.4 Å². The highest BCUT2D eigenvalue weighted by Gasteiger charge is 2.47. The Morgan fingerprint density at radius 1 is 1.50 bits per heavy atom. The second-order valence-corrected chi connectivity index (χ2v) is 7.36. The number of carboxylic acids is 1. The predicted molar refractivity (Wildman–Crippen MR) is 75.2 cm³/mol. The summed E-state index contributed by atoms with van der Waals surface area (Å²) in [6, 6.07) is 6.01. The number of carboxylic acid groups (broad SMARTS) is 1. The fourth-order valence-electron chi connectivity index (χ4n) is 2.43. The van der Waals surface area contributed by atoms with E-state index in [0.29, 0.717) is 17.9 Å². The number of hydrogen-bond acceptors (Lipinski definition) is 3. The zero-order valence-corrected chi connectivity index (χ0v) is 12.6. The molecule has 1 aliphatic rings. The molecule has 1 N–H and O–H groups in total. The number of halogens is 1. The van der Waals surface area contributed by atoms with Gasteiger partial charge >= 0.3 is 5.97 Å². The highest BCUT2D eigenvalue weighted by Crippen LogP contribution is 2.37. The molecule has 110 valence electrons. The van der Waals surface area contributed by atoms with Crippen LogP contribution in [0.2, 0.25) is 5.02 Å². The van der Waals surface area contributed by atoms with Crippen molar-refractivity contribution in [2.24, 2.45) is 5.41 Å². The zero-order valence-electron chi connectivity index (χ0n) is 11.0. The molecule has 0 amide bonds. The third-order valence-corrected chi connectivity index (χ3v) is 5.96. The molecule has 0 spiro atoms. The van der Waals surface area contributed by atoms with Gasteiger partial charge in [-0.3, -0.25) is 4.79 Å². The molecule has 1 aliphatic heterocycles. The lowest BCUT2D eigenvalue weighted by Crippen LogP contribution is -2.36. The van der Waals surface area contributed by atoms with Crippen molar-refractivity contribution in [3.63, 3.8) is 0 Å². The Kier molecular flexibility index (Phi) is 4.09. The van der Waals surface area contributed by atoms with Gasteiger partial charge in [-0.15, -0.1) is 0 Å². The van der Waals surface area contributed by atoms with Crippen LogP contribution in [0.5, 0.6) is 0 Å². The molecule has 0 saturated carbocycles. The summed E-state index contributed by atoms with van der Waals surface area (Å²) in [4.78, 5) is 11.5. The Balaban J connectivity index is 2.32. The van der Waals surface area contributed by atoms with Gasteiger partial charge < -0.3 is 5.11 Å². The Bertz CT molecular complexity index is 631. The van der Waals surface area contributed by atoms with Crippen LogP contribution in [0.3, 0.4) is 0 Å². The number of aliphatic carboxylic acids is 1. The summed E-state index contributed by atoms with van der Waals surface area (Å²) in [5.74, 6) is -0.941. The Morgan fingerprint density at radius 3 is 2.70 bits per heavy atom. The molecule has 1 aromatic rings. The summed E-state index contributed by atoms with van der Waals surface area (Å²) < 4.78 is 26.2. The molecule has 1 saturated heterocycles. The second kappa shape index (κ2) is 5.35. The summed E-state index contributed by atoms with van der Waals surface area (Å²) in [5.41, 5.74) is -0.981. The molecule has 1 fully saturated rings. The molecule has 0 aromatic heterocycles. The Labute approximate surface area is 123 Å². The molecule has 20 heavy (non-hydrogen) atoms. The van der Waals surface area contributed by atoms with Crippen LogP contribution in [-0.4, -0.2) is 36.9 Å². The van der Waals surface area contributed by atoms with Crippen molar-refractivity contribution in [2.45, 2.75) is 24.7 Å². The van der Waals surface area contributed by atoms with Gasteiger partial charge in [0.2, 0.25) is 10.0 Å². The quantitative estimate of drug-likeness (QED) is 0.924. The zero-order chi connectivity index (χ0) is 15.0. The monoisotopic (exact) mass is 317 g/mol. The Morgan fingerprint density at radius 2 is 2.20 bits per heavy atom. The lowest BCUT2D eigenvalue weighted by Gasteiger charge is -2.23. The number of sulfonamides is 1. The SMILES string of the molecule is CCC1(C(=O)O)CCN(S(=O)(=O)c2cccc(Cl)c2)C1. The number of nitrogens with zero attached hydrogens (tertiary/aromatic N) is 1. The fourth-order valence-corrected chi connectivity index (χ4v) is 4.26. The van der Waals surface area contributed by atoms with Gasteiger partial charge in [-0.05, 0) is 31.0 Å². The minimum absolute atomic E-state index is 0.00762. The van der Waals surface area contributed by atoms with E-state index in [1.54, 1.807) is 19.1 Å². The van der Waals surface area contributed by atoms with Gasteiger partial charge in [0, 0.05) is 18.1 Å². The van der Waals surface area contributed by atoms with Gasteiger partial charge in [0.15, 0.2) is 0 Å². The molecule has 1 atom stereocenters. The topological polar surface area (TPSA) is 74.7 Å². The van der Waals surface area contributed by atoms with Gasteiger partial charge in [0.05, 0.1) is 10.3 Å². The summed E-state index contributed by atoms with van der Waals surface area (Å²) in [5, 5.41) is 9.66. The first kappa shape index (κ1) is 15.3. The molecule has 1 aromatic carbocycles. The molecule has 0 radical (unpaired) electrons. The van der Waals surface area contributed by atoms with E-state index in [1.807, 2.05) is 0 Å². The van der Waals surface area contributed by atoms with Crippen LogP contribution in [-0.2, 0) is 14.8 Å². The smallest absolute Gasteiger partial charge is 0.311 e. The van der Waals surface area contributed by atoms with Crippen LogP contribution in [0, 0.1) is 5.41 Å². The number of carbonyl (C=O) groups is 1. The summed E-state index contributed by atoms with van der Waals surface area (Å²) in [7, 11) is -3.69. The number of hydrogen-bond donors (Lipinski definition) is 1. The first-order valence-corrected chi connectivity index (χ1v) is 8.13. The molecular weight excluding hydrogens is 302 g/mol. The lowest BCUT2D eigenvalue weighted by molar-refractivity contribution is -0.148. The minimum atomic E-state index is -3.69. The number of rotatable bonds is 4. The summed E-state index contributed by atoms with van der Waals surface area (Å²) >= 11 is 5.81. The second-order valence-electron chi connectivity index (χ2n) is 4.99. The van der Waals surface area contributed by atoms with Gasteiger partial charge in [0.1, 0.15) is 0 Å². The summed E-state index contributed by atoms with van der Waals surface area (Å²) in [6.45, 7) is 1.99. The highest BCUT2D eigenvalue weighted by molar-refractivity contribution is 7.89. The molecule has 0 aliphatic carbocycles. The van der Waals surface area contributed by atoms with Crippen LogP contribution in [0.4, 0.5) is 0 Å². The molecule has 7 heteroatoms. The maximum absolute atomic E-state index is 12.5. The van der Waals surface area contributed by atoms with Gasteiger partial charge in [-0.25, -0.2) is 8.42 Å². The van der Waals surface area contributed by atoms with Crippen molar-refractivity contribution in [1.29, 1.82) is 0 Å². The molecule has 0 bridgehead atoms. The lowest BCUT2D eigenvalue weighted by atomic mass is 9.85. The van der Waals surface area contributed by atoms with Crippen LogP contribution in [0.15, 0.2) is 29.2 Å². The third kappa shape index (κ3) is 2.55. The predicted octanol–water partition coefficient (Wildman–Crippen LogP) is 2.22. The highest BCUT2D eigenvalue weighted by atomic mass is 35.5. The van der Waals surface area contributed by atoms with Crippen molar-refractivity contribution in [3.8, 4) is 0 Å². The maximum Gasteiger partial charge on any atom is 0.311 e. The first-order valence-electron chi connectivity index (χ1n) is 6.31. The van der Waals surface area contributed by atoms with E-state index in [4.69, 9.17) is 11.6 Å². The van der Waals surface area contributed by atoms with Crippen molar-refractivity contribution < 1.29 is 18.3 Å². The van der Waals surface area contributed by atoms with Crippen LogP contribution >= 0.6 is 11.6 Å². The van der Waals surface area contributed by atoms with Crippen molar-refractivity contribution in [1.82, 2.24) is 4.31 Å². The average molecular weight is 318 g/mol. The fraction of sp³-hybridized carbons (Fsp3) is 0.462. The summed E-state index contributed by atoms with van der Waals surface area (Å²) in [6.07, 6.45) is 0.739. The average Bonchev–Trinajstić information content (AvgIpc) is 2.85. The molecule has 2 rings (SSSR count). The van der Waals surface area contributed by atoms with Gasteiger partial charge in [-0.1, -0.05) is 24.6 Å². The molecule has 1 unspecified atom stereocenters. The molecule has 1 heterocycles. The third-order valence-electron chi connectivity index (χ3n) is 3.88. The first-order chi connectivity index (χ1) is 9.32. The number of benzene rings is 1. The standard InChI is InChI=1S/C13H16ClNO4S/c1-2-13(12(16)17)6-7-15(9-13)20(18,19)11-5-3-4-10(14)8-11/h3-5,8H,2,6-7,9H2,1H3,(H,16,17). The maximum atomic E-state index is 12.5. The largest absolute Gasteiger partial charge is 0.481 e. The van der Waals surface area contributed by atoms with E-state index in [1.165, 1.54) is 16.4 Å². The van der Waals surface area contributed by atoms with E-state index in [-0.39, 0.29) is 18.0 Å². The van der Waals surface area contributed by atoms with Crippen LogP contribution < -0.4 is 0 Å². The van der Waals surface area contributed by atoms with Gasteiger partial charge in [-0.2, -0.15) is 4.31 Å². The van der Waals surface area contributed by atoms with E-state index in [0.717, 1.165) is 0 Å². The molecular formula is C13H16ClNO4S. The normalized spacial score (nSPS) is 23.9. The van der Waals surface area contributed by atoms with E-state index in [2.05, 4.69) is 0 Å². The minimum Gasteiger partial charge on any atom is -0.481 e. The van der Waals surface area contributed by atoms with Crippen LogP contribution in [0.25, 0.3) is 0 Å². The van der Waals surface area contributed by atoms with Crippen molar-refractivity contribution in [2.75, 3.05) is 13.1 Å². The Hall–Kier alpha value is -1.11. The van der Waals surface area contributed by atoms with Crippen molar-refractivity contribution >= 4 is 27.6 Å². The van der Waals surface area contributed by atoms with Gasteiger partial charge in [0.25, 0.3) is 0 Å².